The molecule has 1 heterocycles. The number of para-hydroxylation sites is 1. The zero-order valence-corrected chi connectivity index (χ0v) is 12.0. The minimum atomic E-state index is -0.843. The number of nitrogens with one attached hydrogen (secondary N) is 2. The molecule has 24 heavy (non-hydrogen) atoms. The molecule has 122 valence electrons. The Labute approximate surface area is 134 Å². The van der Waals surface area contributed by atoms with E-state index >= 15 is 0 Å². The summed E-state index contributed by atoms with van der Waals surface area (Å²) in [5, 5.41) is 15.7. The highest BCUT2D eigenvalue weighted by Crippen LogP contribution is 2.33. The van der Waals surface area contributed by atoms with E-state index in [1.165, 1.54) is 30.3 Å². The monoisotopic (exact) mass is 331 g/mol. The first-order valence-corrected chi connectivity index (χ1v) is 6.76. The molecule has 0 saturated heterocycles. The van der Waals surface area contributed by atoms with Gasteiger partial charge in [0.1, 0.15) is 11.3 Å². The highest BCUT2D eigenvalue weighted by molar-refractivity contribution is 6.07. The average molecular weight is 331 g/mol. The normalized spacial score (nSPS) is 12.6. The molecule has 0 spiro atoms. The number of rotatable bonds is 3. The third-order valence-electron chi connectivity index (χ3n) is 3.30. The number of hydrogen-bond donors (Lipinski definition) is 2. The smallest absolute Gasteiger partial charge is 0.282 e. The molecule has 0 radical (unpaired) electrons. The Kier molecular flexibility index (Phi) is 3.82. The minimum absolute atomic E-state index is 0.135. The zero-order valence-electron chi connectivity index (χ0n) is 12.0. The maximum atomic E-state index is 14.1. The van der Waals surface area contributed by atoms with Crippen molar-refractivity contribution in [3.05, 3.63) is 57.9 Å². The molecular formula is C15H10FN3O5. The Morgan fingerprint density at radius 3 is 2.83 bits per heavy atom. The van der Waals surface area contributed by atoms with E-state index in [9.17, 15) is 24.1 Å². The molecule has 1 aliphatic rings. The quantitative estimate of drug-likeness (QED) is 0.662. The number of amides is 2. The average Bonchev–Trinajstić information content (AvgIpc) is 2.55. The van der Waals surface area contributed by atoms with Gasteiger partial charge in [0.2, 0.25) is 0 Å². The van der Waals surface area contributed by atoms with Gasteiger partial charge in [-0.25, -0.2) is 4.39 Å². The number of halogens is 1. The molecule has 0 saturated carbocycles. The summed E-state index contributed by atoms with van der Waals surface area (Å²) in [6, 6.07) is 7.51. The molecule has 2 aromatic carbocycles. The molecule has 2 amide bonds. The summed E-state index contributed by atoms with van der Waals surface area (Å²) in [7, 11) is 0. The first-order valence-electron chi connectivity index (χ1n) is 6.76. The van der Waals surface area contributed by atoms with Crippen molar-refractivity contribution in [2.24, 2.45) is 0 Å². The molecule has 2 aromatic rings. The molecule has 0 bridgehead atoms. The number of nitrogens with zero attached hydrogens (tertiary/aromatic N) is 1. The highest BCUT2D eigenvalue weighted by Gasteiger charge is 2.23. The van der Waals surface area contributed by atoms with Crippen molar-refractivity contribution >= 4 is 28.9 Å². The van der Waals surface area contributed by atoms with Crippen molar-refractivity contribution < 1.29 is 23.6 Å². The van der Waals surface area contributed by atoms with Crippen molar-refractivity contribution in [3.63, 3.8) is 0 Å². The summed E-state index contributed by atoms with van der Waals surface area (Å²) in [6.07, 6.45) is 0. The van der Waals surface area contributed by atoms with Gasteiger partial charge in [-0.1, -0.05) is 12.1 Å². The van der Waals surface area contributed by atoms with Gasteiger partial charge >= 0.3 is 0 Å². The lowest BCUT2D eigenvalue weighted by molar-refractivity contribution is -0.385. The number of anilines is 2. The van der Waals surface area contributed by atoms with Gasteiger partial charge in [-0.05, 0) is 12.1 Å². The highest BCUT2D eigenvalue weighted by atomic mass is 19.1. The van der Waals surface area contributed by atoms with Crippen molar-refractivity contribution in [1.29, 1.82) is 0 Å². The third kappa shape index (κ3) is 2.86. The molecule has 3 rings (SSSR count). The summed E-state index contributed by atoms with van der Waals surface area (Å²) in [5.41, 5.74) is -0.641. The van der Waals surface area contributed by atoms with E-state index in [4.69, 9.17) is 4.74 Å². The van der Waals surface area contributed by atoms with Crippen LogP contribution >= 0.6 is 0 Å². The van der Waals surface area contributed by atoms with Crippen molar-refractivity contribution in [2.45, 2.75) is 0 Å². The van der Waals surface area contributed by atoms with Crippen LogP contribution in [0.3, 0.4) is 0 Å². The number of carbonyl (C=O) groups is 2. The zero-order chi connectivity index (χ0) is 17.3. The second kappa shape index (κ2) is 5.95. The van der Waals surface area contributed by atoms with Crippen LogP contribution in [0.1, 0.15) is 10.4 Å². The summed E-state index contributed by atoms with van der Waals surface area (Å²) < 4.78 is 19.1. The lowest BCUT2D eigenvalue weighted by Crippen LogP contribution is -2.25. The lowest BCUT2D eigenvalue weighted by Gasteiger charge is -2.19. The van der Waals surface area contributed by atoms with Gasteiger partial charge in [0.15, 0.2) is 12.4 Å². The maximum absolute atomic E-state index is 14.1. The van der Waals surface area contributed by atoms with Gasteiger partial charge in [-0.3, -0.25) is 19.7 Å². The van der Waals surface area contributed by atoms with Gasteiger partial charge in [-0.15, -0.1) is 0 Å². The summed E-state index contributed by atoms with van der Waals surface area (Å²) >= 11 is 0. The Balaban J connectivity index is 1.92. The summed E-state index contributed by atoms with van der Waals surface area (Å²) in [5.74, 6) is -1.91. The Morgan fingerprint density at radius 2 is 2.08 bits per heavy atom. The number of nitro benzene ring substituents is 1. The number of fused-ring (bicyclic) bond motifs is 1. The fraction of sp³-hybridized carbons (Fsp3) is 0.0667. The van der Waals surface area contributed by atoms with Gasteiger partial charge in [0, 0.05) is 12.1 Å². The van der Waals surface area contributed by atoms with Crippen LogP contribution in [-0.2, 0) is 4.79 Å². The molecule has 1 aliphatic heterocycles. The number of hydrogen-bond acceptors (Lipinski definition) is 5. The minimum Gasteiger partial charge on any atom is -0.481 e. The molecule has 8 nitrogen and oxygen atoms in total. The number of benzene rings is 2. The first kappa shape index (κ1) is 15.4. The van der Waals surface area contributed by atoms with Gasteiger partial charge in [0.25, 0.3) is 17.5 Å². The molecule has 9 heteroatoms. The SMILES string of the molecule is O=C1COc2cc(F)c(NC(=O)c3ccccc3[N+](=O)[O-])cc2N1. The predicted molar refractivity (Wildman–Crippen MR) is 81.6 cm³/mol. The Bertz CT molecular complexity index is 868. The van der Waals surface area contributed by atoms with Crippen LogP contribution in [0.2, 0.25) is 0 Å². The molecule has 0 aliphatic carbocycles. The van der Waals surface area contributed by atoms with Gasteiger partial charge in [-0.2, -0.15) is 0 Å². The van der Waals surface area contributed by atoms with E-state index < -0.39 is 28.2 Å². The summed E-state index contributed by atoms with van der Waals surface area (Å²) in [6.45, 7) is -0.228. The second-order valence-electron chi connectivity index (χ2n) is 4.89. The molecule has 2 N–H and O–H groups in total. The third-order valence-corrected chi connectivity index (χ3v) is 3.30. The van der Waals surface area contributed by atoms with E-state index in [2.05, 4.69) is 10.6 Å². The number of ether oxygens (including phenoxy) is 1. The molecular weight excluding hydrogens is 321 g/mol. The van der Waals surface area contributed by atoms with Crippen LogP contribution in [0, 0.1) is 15.9 Å². The lowest BCUT2D eigenvalue weighted by atomic mass is 10.1. The van der Waals surface area contributed by atoms with Crippen molar-refractivity contribution in [3.8, 4) is 5.75 Å². The van der Waals surface area contributed by atoms with Gasteiger partial charge in [0.05, 0.1) is 16.3 Å². The second-order valence-corrected chi connectivity index (χ2v) is 4.89. The first-order chi connectivity index (χ1) is 11.5. The number of carbonyl (C=O) groups excluding carboxylic acids is 2. The van der Waals surface area contributed by atoms with Crippen LogP contribution < -0.4 is 15.4 Å². The standard InChI is InChI=1S/C15H10FN3O5/c16-9-5-13-11(17-14(20)7-24-13)6-10(9)18-15(21)8-3-1-2-4-12(8)19(22)23/h1-6H,7H2,(H,17,20)(H,18,21). The fourth-order valence-electron chi connectivity index (χ4n) is 2.21. The molecule has 0 unspecified atom stereocenters. The number of nitro groups is 1. The van der Waals surface area contributed by atoms with E-state index in [1.54, 1.807) is 0 Å². The van der Waals surface area contributed by atoms with E-state index in [-0.39, 0.29) is 29.3 Å². The maximum Gasteiger partial charge on any atom is 0.282 e. The van der Waals surface area contributed by atoms with Crippen LogP contribution in [0.4, 0.5) is 21.5 Å². The van der Waals surface area contributed by atoms with Crippen molar-refractivity contribution in [1.82, 2.24) is 0 Å². The largest absolute Gasteiger partial charge is 0.481 e. The Morgan fingerprint density at radius 1 is 1.33 bits per heavy atom. The molecule has 0 aromatic heterocycles. The predicted octanol–water partition coefficient (Wildman–Crippen LogP) is 2.32. The van der Waals surface area contributed by atoms with Crippen LogP contribution in [0.5, 0.6) is 5.75 Å². The molecule has 0 fully saturated rings. The van der Waals surface area contributed by atoms with Crippen LogP contribution in [0.25, 0.3) is 0 Å². The van der Waals surface area contributed by atoms with Crippen LogP contribution in [0.15, 0.2) is 36.4 Å². The fourth-order valence-corrected chi connectivity index (χ4v) is 2.21. The topological polar surface area (TPSA) is 111 Å². The van der Waals surface area contributed by atoms with Gasteiger partial charge < -0.3 is 15.4 Å². The Hall–Kier alpha value is -3.49. The summed E-state index contributed by atoms with van der Waals surface area (Å²) in [4.78, 5) is 33.8. The van der Waals surface area contributed by atoms with E-state index in [0.29, 0.717) is 0 Å². The van der Waals surface area contributed by atoms with Crippen molar-refractivity contribution in [2.75, 3.05) is 17.2 Å². The molecule has 0 atom stereocenters. The van der Waals surface area contributed by atoms with Crippen LogP contribution in [-0.4, -0.2) is 23.3 Å². The van der Waals surface area contributed by atoms with E-state index in [1.807, 2.05) is 0 Å². The van der Waals surface area contributed by atoms with E-state index in [0.717, 1.165) is 6.07 Å².